The number of aliphatic imine (C=N–C) groups is 1. The Bertz CT molecular complexity index is 747. The molecule has 0 saturated heterocycles. The average Bonchev–Trinajstić information content (AvgIpc) is 3.09. The second-order valence-electron chi connectivity index (χ2n) is 7.47. The van der Waals surface area contributed by atoms with E-state index in [1.54, 1.807) is 7.05 Å². The first-order valence-corrected chi connectivity index (χ1v) is 9.79. The Balaban J connectivity index is 1.48. The number of guanidine groups is 1. The Kier molecular flexibility index (Phi) is 6.74. The van der Waals surface area contributed by atoms with Crippen molar-refractivity contribution in [3.63, 3.8) is 0 Å². The molecule has 27 heavy (non-hydrogen) atoms. The standard InChI is InChI=1S/C21H31N5O/c1-16-4-6-19(7-5-16)27-20-12-17(8-10-23-20)13-24-21(22-2)25-14-18-9-11-26(3)15-18/h8-12,15-16,19H,4-7,13-14H2,1-3H3,(H2,22,24,25). The number of aryl methyl sites for hydroxylation is 1. The zero-order valence-electron chi connectivity index (χ0n) is 16.6. The molecule has 1 saturated carbocycles. The van der Waals surface area contributed by atoms with E-state index in [1.165, 1.54) is 18.4 Å². The van der Waals surface area contributed by atoms with Crippen molar-refractivity contribution in [3.05, 3.63) is 47.9 Å². The number of hydrogen-bond donors (Lipinski definition) is 2. The van der Waals surface area contributed by atoms with Crippen LogP contribution >= 0.6 is 0 Å². The van der Waals surface area contributed by atoms with E-state index in [-0.39, 0.29) is 0 Å². The fourth-order valence-electron chi connectivity index (χ4n) is 3.40. The van der Waals surface area contributed by atoms with Gasteiger partial charge in [0.2, 0.25) is 5.88 Å². The van der Waals surface area contributed by atoms with Crippen LogP contribution < -0.4 is 15.4 Å². The number of aromatic nitrogens is 2. The highest BCUT2D eigenvalue weighted by Crippen LogP contribution is 2.26. The fraction of sp³-hybridized carbons (Fsp3) is 0.524. The molecule has 2 aromatic heterocycles. The van der Waals surface area contributed by atoms with E-state index in [0.717, 1.165) is 42.7 Å². The Morgan fingerprint density at radius 2 is 1.93 bits per heavy atom. The van der Waals surface area contributed by atoms with Crippen LogP contribution in [-0.4, -0.2) is 28.7 Å². The molecule has 3 rings (SSSR count). The summed E-state index contributed by atoms with van der Waals surface area (Å²) in [7, 11) is 3.80. The molecule has 2 aromatic rings. The van der Waals surface area contributed by atoms with Crippen molar-refractivity contribution in [3.8, 4) is 5.88 Å². The van der Waals surface area contributed by atoms with Crippen LogP contribution in [0, 0.1) is 5.92 Å². The summed E-state index contributed by atoms with van der Waals surface area (Å²) in [6.07, 6.45) is 11.0. The summed E-state index contributed by atoms with van der Waals surface area (Å²) in [5.74, 6) is 2.32. The van der Waals surface area contributed by atoms with Gasteiger partial charge in [0.25, 0.3) is 0 Å². The number of pyridine rings is 1. The number of nitrogens with zero attached hydrogens (tertiary/aromatic N) is 3. The minimum atomic E-state index is 0.303. The molecule has 0 amide bonds. The third-order valence-corrected chi connectivity index (χ3v) is 5.09. The fourth-order valence-corrected chi connectivity index (χ4v) is 3.40. The summed E-state index contributed by atoms with van der Waals surface area (Å²) in [5.41, 5.74) is 2.36. The second kappa shape index (κ2) is 9.44. The molecule has 6 nitrogen and oxygen atoms in total. The third-order valence-electron chi connectivity index (χ3n) is 5.09. The number of hydrogen-bond acceptors (Lipinski definition) is 3. The minimum Gasteiger partial charge on any atom is -0.474 e. The quantitative estimate of drug-likeness (QED) is 0.606. The lowest BCUT2D eigenvalue weighted by atomic mass is 9.89. The first kappa shape index (κ1) is 19.3. The van der Waals surface area contributed by atoms with Crippen LogP contribution in [0.25, 0.3) is 0 Å². The highest BCUT2D eigenvalue weighted by Gasteiger charge is 2.19. The van der Waals surface area contributed by atoms with Crippen LogP contribution in [0.1, 0.15) is 43.7 Å². The molecule has 0 unspecified atom stereocenters. The maximum absolute atomic E-state index is 6.10. The van der Waals surface area contributed by atoms with E-state index in [9.17, 15) is 0 Å². The third kappa shape index (κ3) is 6.01. The molecule has 0 atom stereocenters. The van der Waals surface area contributed by atoms with Crippen LogP contribution in [0.15, 0.2) is 41.8 Å². The lowest BCUT2D eigenvalue weighted by molar-refractivity contribution is 0.130. The molecule has 146 valence electrons. The first-order chi connectivity index (χ1) is 13.1. The van der Waals surface area contributed by atoms with Gasteiger partial charge in [-0.25, -0.2) is 4.98 Å². The number of rotatable bonds is 6. The zero-order chi connectivity index (χ0) is 19.1. The Morgan fingerprint density at radius 3 is 2.59 bits per heavy atom. The van der Waals surface area contributed by atoms with Crippen molar-refractivity contribution in [1.82, 2.24) is 20.2 Å². The van der Waals surface area contributed by atoms with Crippen molar-refractivity contribution in [2.75, 3.05) is 7.05 Å². The van der Waals surface area contributed by atoms with Crippen molar-refractivity contribution < 1.29 is 4.74 Å². The highest BCUT2D eigenvalue weighted by molar-refractivity contribution is 5.79. The van der Waals surface area contributed by atoms with E-state index in [1.807, 2.05) is 36.1 Å². The Labute approximate surface area is 162 Å². The molecule has 0 aromatic carbocycles. The molecule has 1 fully saturated rings. The lowest BCUT2D eigenvalue weighted by Gasteiger charge is -2.26. The summed E-state index contributed by atoms with van der Waals surface area (Å²) in [4.78, 5) is 8.67. The summed E-state index contributed by atoms with van der Waals surface area (Å²) in [6.45, 7) is 3.74. The number of ether oxygens (including phenoxy) is 1. The lowest BCUT2D eigenvalue weighted by Crippen LogP contribution is -2.36. The van der Waals surface area contributed by atoms with E-state index >= 15 is 0 Å². The molecular weight excluding hydrogens is 338 g/mol. The molecule has 0 radical (unpaired) electrons. The molecule has 1 aliphatic rings. The molecule has 0 aliphatic heterocycles. The largest absolute Gasteiger partial charge is 0.474 e. The maximum Gasteiger partial charge on any atom is 0.213 e. The van der Waals surface area contributed by atoms with Crippen molar-refractivity contribution in [1.29, 1.82) is 0 Å². The van der Waals surface area contributed by atoms with Crippen LogP contribution in [0.3, 0.4) is 0 Å². The minimum absolute atomic E-state index is 0.303. The predicted octanol–water partition coefficient (Wildman–Crippen LogP) is 3.24. The summed E-state index contributed by atoms with van der Waals surface area (Å²) in [5, 5.41) is 6.68. The van der Waals surface area contributed by atoms with Crippen molar-refractivity contribution in [2.45, 2.75) is 51.8 Å². The summed E-state index contributed by atoms with van der Waals surface area (Å²) >= 11 is 0. The van der Waals surface area contributed by atoms with Gasteiger partial charge in [-0.1, -0.05) is 6.92 Å². The first-order valence-electron chi connectivity index (χ1n) is 9.79. The van der Waals surface area contributed by atoms with Crippen molar-refractivity contribution in [2.24, 2.45) is 18.0 Å². The topological polar surface area (TPSA) is 63.5 Å². The molecular formula is C21H31N5O. The SMILES string of the molecule is CN=C(NCc1ccnc(OC2CCC(C)CC2)c1)NCc1ccn(C)c1. The van der Waals surface area contributed by atoms with Gasteiger partial charge in [-0.3, -0.25) is 4.99 Å². The van der Waals surface area contributed by atoms with Gasteiger partial charge in [0, 0.05) is 51.8 Å². The van der Waals surface area contributed by atoms with E-state index < -0.39 is 0 Å². The molecule has 6 heteroatoms. The van der Waals surface area contributed by atoms with Gasteiger partial charge in [0.15, 0.2) is 5.96 Å². The van der Waals surface area contributed by atoms with Gasteiger partial charge in [0.05, 0.1) is 0 Å². The van der Waals surface area contributed by atoms with Gasteiger partial charge in [-0.15, -0.1) is 0 Å². The predicted molar refractivity (Wildman–Crippen MR) is 109 cm³/mol. The molecule has 0 bridgehead atoms. The molecule has 2 N–H and O–H groups in total. The monoisotopic (exact) mass is 369 g/mol. The molecule has 0 spiro atoms. The van der Waals surface area contributed by atoms with Crippen LogP contribution in [0.2, 0.25) is 0 Å². The Hall–Kier alpha value is -2.50. The van der Waals surface area contributed by atoms with Gasteiger partial charge in [-0.05, 0) is 54.9 Å². The normalized spacial score (nSPS) is 20.3. The number of nitrogens with one attached hydrogen (secondary N) is 2. The zero-order valence-corrected chi connectivity index (χ0v) is 16.6. The van der Waals surface area contributed by atoms with E-state index in [4.69, 9.17) is 4.74 Å². The van der Waals surface area contributed by atoms with E-state index in [2.05, 4.69) is 39.8 Å². The van der Waals surface area contributed by atoms with Crippen LogP contribution in [0.5, 0.6) is 5.88 Å². The second-order valence-corrected chi connectivity index (χ2v) is 7.47. The summed E-state index contributed by atoms with van der Waals surface area (Å²) < 4.78 is 8.14. The summed E-state index contributed by atoms with van der Waals surface area (Å²) in [6, 6.07) is 6.13. The maximum atomic E-state index is 6.10. The van der Waals surface area contributed by atoms with Crippen molar-refractivity contribution >= 4 is 5.96 Å². The van der Waals surface area contributed by atoms with Crippen LogP contribution in [0.4, 0.5) is 0 Å². The highest BCUT2D eigenvalue weighted by atomic mass is 16.5. The van der Waals surface area contributed by atoms with Gasteiger partial charge < -0.3 is 19.9 Å². The average molecular weight is 370 g/mol. The Morgan fingerprint density at radius 1 is 1.19 bits per heavy atom. The van der Waals surface area contributed by atoms with E-state index in [0.29, 0.717) is 12.6 Å². The smallest absolute Gasteiger partial charge is 0.213 e. The van der Waals surface area contributed by atoms with Crippen LogP contribution in [-0.2, 0) is 20.1 Å². The van der Waals surface area contributed by atoms with Gasteiger partial charge in [0.1, 0.15) is 6.10 Å². The molecule has 1 aliphatic carbocycles. The van der Waals surface area contributed by atoms with Gasteiger partial charge in [-0.2, -0.15) is 0 Å². The van der Waals surface area contributed by atoms with Gasteiger partial charge >= 0.3 is 0 Å². The molecule has 2 heterocycles.